The molecule has 2 aliphatic heterocycles. The molecule has 4 heterocycles. The van der Waals surface area contributed by atoms with E-state index in [-0.39, 0.29) is 0 Å². The Morgan fingerprint density at radius 1 is 1.56 bits per heavy atom. The second-order valence-electron chi connectivity index (χ2n) is 5.60. The number of rotatable bonds is 4. The number of aliphatic hydroxyl groups excluding tert-OH is 1. The Morgan fingerprint density at radius 2 is 2.40 bits per heavy atom. The first-order chi connectivity index (χ1) is 12.1. The number of aliphatic hydroxyl groups is 1. The fourth-order valence-corrected chi connectivity index (χ4v) is 3.76. The molecule has 0 aromatic carbocycles. The topological polar surface area (TPSA) is 99.7 Å². The van der Waals surface area contributed by atoms with Gasteiger partial charge in [-0.05, 0) is 18.4 Å². The van der Waals surface area contributed by atoms with Crippen LogP contribution < -0.4 is 5.32 Å². The van der Waals surface area contributed by atoms with Gasteiger partial charge in [-0.15, -0.1) is 11.3 Å². The largest absolute Gasteiger partial charge is 0.465 e. The van der Waals surface area contributed by atoms with Gasteiger partial charge in [-0.25, -0.2) is 9.79 Å². The lowest BCUT2D eigenvalue weighted by molar-refractivity contribution is 0.0607. The lowest BCUT2D eigenvalue weighted by atomic mass is 10.1. The fourth-order valence-electron chi connectivity index (χ4n) is 2.99. The second kappa shape index (κ2) is 6.01. The van der Waals surface area contributed by atoms with Crippen LogP contribution in [0.5, 0.6) is 0 Å². The van der Waals surface area contributed by atoms with Crippen molar-refractivity contribution in [1.82, 2.24) is 4.90 Å². The zero-order chi connectivity index (χ0) is 17.6. The molecule has 2 aliphatic rings. The van der Waals surface area contributed by atoms with Crippen LogP contribution in [0.3, 0.4) is 0 Å². The summed E-state index contributed by atoms with van der Waals surface area (Å²) in [4.78, 5) is 22.9. The van der Waals surface area contributed by atoms with Crippen molar-refractivity contribution in [2.75, 3.05) is 25.5 Å². The van der Waals surface area contributed by atoms with Crippen molar-refractivity contribution < 1.29 is 19.1 Å². The van der Waals surface area contributed by atoms with E-state index in [2.05, 4.69) is 15.3 Å². The maximum absolute atomic E-state index is 11.8. The van der Waals surface area contributed by atoms with Crippen molar-refractivity contribution >= 4 is 41.1 Å². The van der Waals surface area contributed by atoms with Crippen molar-refractivity contribution in [1.29, 1.82) is 0 Å². The van der Waals surface area contributed by atoms with E-state index in [1.807, 2.05) is 4.90 Å². The highest BCUT2D eigenvalue weighted by molar-refractivity contribution is 7.12. The zero-order valence-corrected chi connectivity index (χ0v) is 14.5. The average molecular weight is 360 g/mol. The van der Waals surface area contributed by atoms with E-state index in [9.17, 15) is 9.90 Å². The average Bonchev–Trinajstić information content (AvgIpc) is 3.30. The molecule has 1 atom stereocenters. The fraction of sp³-hybridized carbons (Fsp3) is 0.312. The van der Waals surface area contributed by atoms with Gasteiger partial charge >= 0.3 is 5.97 Å². The number of carbonyl (C=O) groups is 1. The summed E-state index contributed by atoms with van der Waals surface area (Å²) in [5.41, 5.74) is 1.76. The Bertz CT molecular complexity index is 898. The van der Waals surface area contributed by atoms with E-state index in [1.165, 1.54) is 18.4 Å². The van der Waals surface area contributed by atoms with Crippen LogP contribution in [0.1, 0.15) is 32.8 Å². The van der Waals surface area contributed by atoms with Crippen LogP contribution in [-0.2, 0) is 4.74 Å². The smallest absolute Gasteiger partial charge is 0.350 e. The monoisotopic (exact) mass is 360 g/mol. The summed E-state index contributed by atoms with van der Waals surface area (Å²) in [5, 5.41) is 15.5. The van der Waals surface area contributed by atoms with Crippen LogP contribution in [-0.4, -0.2) is 48.3 Å². The molecule has 1 unspecified atom stereocenters. The van der Waals surface area contributed by atoms with E-state index in [0.29, 0.717) is 39.9 Å². The number of hydrogen-bond acceptors (Lipinski definition) is 9. The maximum atomic E-state index is 11.8. The minimum atomic E-state index is -1.08. The summed E-state index contributed by atoms with van der Waals surface area (Å²) in [7, 11) is 1.32. The van der Waals surface area contributed by atoms with Gasteiger partial charge in [0.25, 0.3) is 0 Å². The molecule has 2 aromatic rings. The highest BCUT2D eigenvalue weighted by Crippen LogP contribution is 2.38. The molecule has 2 aromatic heterocycles. The Hall–Kier alpha value is -2.65. The molecule has 0 aliphatic carbocycles. The van der Waals surface area contributed by atoms with E-state index < -0.39 is 12.2 Å². The molecular weight excluding hydrogens is 344 g/mol. The van der Waals surface area contributed by atoms with Crippen molar-refractivity contribution in [2.45, 2.75) is 13.2 Å². The zero-order valence-electron chi connectivity index (χ0n) is 13.6. The van der Waals surface area contributed by atoms with Crippen LogP contribution in [0.2, 0.25) is 0 Å². The third kappa shape index (κ3) is 2.52. The third-order valence-corrected chi connectivity index (χ3v) is 5.02. The molecule has 9 heteroatoms. The molecule has 0 saturated carbocycles. The van der Waals surface area contributed by atoms with E-state index in [4.69, 9.17) is 9.15 Å². The van der Waals surface area contributed by atoms with Crippen LogP contribution in [0, 0.1) is 6.92 Å². The summed E-state index contributed by atoms with van der Waals surface area (Å²) >= 11 is 1.24. The van der Waals surface area contributed by atoms with Gasteiger partial charge in [0.1, 0.15) is 22.8 Å². The predicted molar refractivity (Wildman–Crippen MR) is 93.9 cm³/mol. The molecule has 0 saturated heterocycles. The first-order valence-electron chi connectivity index (χ1n) is 7.69. The van der Waals surface area contributed by atoms with Crippen molar-refractivity contribution in [3.63, 3.8) is 0 Å². The number of anilines is 1. The highest BCUT2D eigenvalue weighted by Gasteiger charge is 2.33. The van der Waals surface area contributed by atoms with Gasteiger partial charge in [0.05, 0.1) is 30.5 Å². The number of nitrogens with one attached hydrogen (secondary N) is 1. The van der Waals surface area contributed by atoms with Crippen LogP contribution in [0.4, 0.5) is 11.6 Å². The Balaban J connectivity index is 1.70. The third-order valence-electron chi connectivity index (χ3n) is 4.13. The lowest BCUT2D eigenvalue weighted by Crippen LogP contribution is -2.30. The van der Waals surface area contributed by atoms with E-state index in [0.717, 1.165) is 12.4 Å². The van der Waals surface area contributed by atoms with Gasteiger partial charge in [-0.3, -0.25) is 4.99 Å². The van der Waals surface area contributed by atoms with Crippen LogP contribution in [0.15, 0.2) is 25.8 Å². The molecule has 4 rings (SSSR count). The molecule has 0 fully saturated rings. The maximum Gasteiger partial charge on any atom is 0.350 e. The molecule has 0 bridgehead atoms. The normalized spacial score (nSPS) is 16.3. The van der Waals surface area contributed by atoms with Gasteiger partial charge in [-0.1, -0.05) is 0 Å². The number of hydrogen-bond donors (Lipinski definition) is 2. The standard InChI is InChI=1S/C16H16N4O4S/c1-8-10(11-13-17-4-5-20(13)7-18-15(11)24-8)14(21)19-9-3-6-25-12(9)16(22)23-2/h3,6-7,14,19,21H,4-5H2,1-2H3. The number of nitrogens with zero attached hydrogens (tertiary/aromatic N) is 3. The molecule has 130 valence electrons. The van der Waals surface area contributed by atoms with Gasteiger partial charge in [-0.2, -0.15) is 0 Å². The first-order valence-corrected chi connectivity index (χ1v) is 8.57. The Morgan fingerprint density at radius 3 is 3.20 bits per heavy atom. The van der Waals surface area contributed by atoms with Crippen LogP contribution >= 0.6 is 11.3 Å². The van der Waals surface area contributed by atoms with Gasteiger partial charge in [0, 0.05) is 6.54 Å². The summed E-state index contributed by atoms with van der Waals surface area (Å²) < 4.78 is 10.5. The molecule has 0 spiro atoms. The Labute approximate surface area is 147 Å². The molecule has 0 radical (unpaired) electrons. The number of carbonyl (C=O) groups excluding carboxylic acids is 1. The predicted octanol–water partition coefficient (Wildman–Crippen LogP) is 2.27. The lowest BCUT2D eigenvalue weighted by Gasteiger charge is -2.20. The summed E-state index contributed by atoms with van der Waals surface area (Å²) in [6.45, 7) is 3.19. The number of aryl methyl sites for hydroxylation is 1. The summed E-state index contributed by atoms with van der Waals surface area (Å²) in [6.07, 6.45) is 0.610. The Kier molecular flexibility index (Phi) is 3.81. The quantitative estimate of drug-likeness (QED) is 0.641. The minimum absolute atomic E-state index is 0.398. The number of amidine groups is 1. The van der Waals surface area contributed by atoms with Crippen molar-refractivity contribution in [3.05, 3.63) is 33.2 Å². The number of fused-ring (bicyclic) bond motifs is 3. The number of thiophene rings is 1. The number of methoxy groups -OCH3 is 1. The number of ether oxygens (including phenoxy) is 1. The second-order valence-corrected chi connectivity index (χ2v) is 6.51. The first kappa shape index (κ1) is 15.9. The van der Waals surface area contributed by atoms with Crippen LogP contribution in [0.25, 0.3) is 0 Å². The molecule has 0 amide bonds. The van der Waals surface area contributed by atoms with Crippen molar-refractivity contribution in [3.8, 4) is 0 Å². The van der Waals surface area contributed by atoms with Gasteiger partial charge in [0.2, 0.25) is 5.88 Å². The number of aliphatic imine (C=N–C) groups is 2. The molecule has 25 heavy (non-hydrogen) atoms. The van der Waals surface area contributed by atoms with E-state index in [1.54, 1.807) is 24.7 Å². The molecular formula is C16H16N4O4S. The number of furan rings is 1. The number of esters is 1. The molecule has 2 N–H and O–H groups in total. The SMILES string of the molecule is COC(=O)c1sccc1NC(O)c1c(C)oc2c1C1=NCCN1C=N2. The van der Waals surface area contributed by atoms with Gasteiger partial charge < -0.3 is 24.5 Å². The minimum Gasteiger partial charge on any atom is -0.465 e. The summed E-state index contributed by atoms with van der Waals surface area (Å²) in [5.74, 6) is 1.28. The summed E-state index contributed by atoms with van der Waals surface area (Å²) in [6, 6.07) is 1.72. The molecule has 8 nitrogen and oxygen atoms in total. The van der Waals surface area contributed by atoms with Crippen molar-refractivity contribution in [2.24, 2.45) is 9.98 Å². The van der Waals surface area contributed by atoms with Gasteiger partial charge in [0.15, 0.2) is 6.23 Å². The highest BCUT2D eigenvalue weighted by atomic mass is 32.1. The van der Waals surface area contributed by atoms with E-state index >= 15 is 0 Å².